The van der Waals surface area contributed by atoms with E-state index in [2.05, 4.69) is 22.1 Å². The summed E-state index contributed by atoms with van der Waals surface area (Å²) in [5.74, 6) is 5.28. The Bertz CT molecular complexity index is 634. The molecule has 0 saturated carbocycles. The van der Waals surface area contributed by atoms with Gasteiger partial charge in [0, 0.05) is 17.5 Å². The fraction of sp³-hybridized carbons (Fsp3) is 0.231. The number of thiophene rings is 1. The van der Waals surface area contributed by atoms with Crippen LogP contribution in [0.5, 0.6) is 0 Å². The maximum absolute atomic E-state index is 11.9. The molecule has 2 aromatic heterocycles. The summed E-state index contributed by atoms with van der Waals surface area (Å²) in [6, 6.07) is 1.87. The van der Waals surface area contributed by atoms with Crippen LogP contribution in [0.4, 0.5) is 0 Å². The molecule has 0 bridgehead atoms. The van der Waals surface area contributed by atoms with Crippen molar-refractivity contribution in [2.75, 3.05) is 6.61 Å². The first-order chi connectivity index (χ1) is 9.22. The van der Waals surface area contributed by atoms with Crippen molar-refractivity contribution in [3.8, 4) is 11.8 Å². The van der Waals surface area contributed by atoms with Gasteiger partial charge in [-0.3, -0.25) is 4.79 Å². The molecule has 6 heteroatoms. The third kappa shape index (κ3) is 3.22. The highest BCUT2D eigenvalue weighted by Gasteiger charge is 2.10. The lowest BCUT2D eigenvalue weighted by Crippen LogP contribution is -2.24. The van der Waals surface area contributed by atoms with E-state index in [4.69, 9.17) is 5.11 Å². The van der Waals surface area contributed by atoms with Crippen LogP contribution < -0.4 is 5.32 Å². The number of carbonyl (C=O) groups is 1. The van der Waals surface area contributed by atoms with Gasteiger partial charge in [0.15, 0.2) is 0 Å². The van der Waals surface area contributed by atoms with E-state index in [1.165, 1.54) is 17.5 Å². The first-order valence-corrected chi connectivity index (χ1v) is 6.51. The molecule has 1 amide bonds. The predicted molar refractivity (Wildman–Crippen MR) is 72.7 cm³/mol. The Balaban J connectivity index is 2.02. The Hall–Kier alpha value is -2.10. The van der Waals surface area contributed by atoms with Crippen LogP contribution in [0.15, 0.2) is 24.0 Å². The number of imidazole rings is 1. The number of aryl methyl sites for hydroxylation is 1. The Morgan fingerprint density at radius 1 is 1.63 bits per heavy atom. The van der Waals surface area contributed by atoms with Gasteiger partial charge in [-0.25, -0.2) is 4.98 Å². The maximum atomic E-state index is 11.9. The Labute approximate surface area is 114 Å². The summed E-state index contributed by atoms with van der Waals surface area (Å²) in [7, 11) is 1.77. The number of hydrogen-bond donors (Lipinski definition) is 2. The molecule has 0 radical (unpaired) electrons. The molecular formula is C13H13N3O2S. The smallest absolute Gasteiger partial charge is 0.269 e. The molecule has 5 nitrogen and oxygen atoms in total. The number of nitrogens with one attached hydrogen (secondary N) is 1. The molecule has 0 aliphatic rings. The molecule has 0 aliphatic heterocycles. The highest BCUT2D eigenvalue weighted by molar-refractivity contribution is 7.10. The summed E-state index contributed by atoms with van der Waals surface area (Å²) in [6.45, 7) is 0.244. The molecule has 0 atom stereocenters. The lowest BCUT2D eigenvalue weighted by atomic mass is 10.2. The van der Waals surface area contributed by atoms with Crippen molar-refractivity contribution in [1.82, 2.24) is 14.9 Å². The van der Waals surface area contributed by atoms with Crippen molar-refractivity contribution in [1.29, 1.82) is 0 Å². The normalized spacial score (nSPS) is 9.79. The van der Waals surface area contributed by atoms with Crippen LogP contribution >= 0.6 is 11.3 Å². The second-order valence-corrected chi connectivity index (χ2v) is 4.79. The van der Waals surface area contributed by atoms with Crippen LogP contribution in [0, 0.1) is 11.8 Å². The predicted octanol–water partition coefficient (Wildman–Crippen LogP) is 0.755. The first-order valence-electron chi connectivity index (χ1n) is 5.63. The van der Waals surface area contributed by atoms with Crippen LogP contribution in [0.1, 0.15) is 20.9 Å². The highest BCUT2D eigenvalue weighted by Crippen LogP contribution is 2.15. The van der Waals surface area contributed by atoms with Crippen molar-refractivity contribution in [2.24, 2.45) is 7.05 Å². The highest BCUT2D eigenvalue weighted by atomic mass is 32.1. The third-order valence-corrected chi connectivity index (χ3v) is 3.43. The summed E-state index contributed by atoms with van der Waals surface area (Å²) in [4.78, 5) is 16.8. The van der Waals surface area contributed by atoms with Gasteiger partial charge >= 0.3 is 0 Å². The quantitative estimate of drug-likeness (QED) is 0.813. The second kappa shape index (κ2) is 6.18. The minimum Gasteiger partial charge on any atom is -0.384 e. The number of nitrogens with zero attached hydrogens (tertiary/aromatic N) is 2. The van der Waals surface area contributed by atoms with Crippen LogP contribution in [-0.4, -0.2) is 27.2 Å². The average Bonchev–Trinajstić information content (AvgIpc) is 3.02. The SMILES string of the molecule is Cn1cncc1C(=O)NCc1sccc1C#CCO. The lowest BCUT2D eigenvalue weighted by Gasteiger charge is -2.04. The van der Waals surface area contributed by atoms with Crippen molar-refractivity contribution < 1.29 is 9.90 Å². The molecule has 0 fully saturated rings. The van der Waals surface area contributed by atoms with Gasteiger partial charge in [-0.2, -0.15) is 0 Å². The van der Waals surface area contributed by atoms with E-state index in [9.17, 15) is 4.79 Å². The molecule has 2 aromatic rings. The molecule has 0 aliphatic carbocycles. The number of carbonyl (C=O) groups excluding carboxylic acids is 1. The van der Waals surface area contributed by atoms with Gasteiger partial charge in [-0.15, -0.1) is 11.3 Å². The van der Waals surface area contributed by atoms with Gasteiger partial charge in [0.2, 0.25) is 0 Å². The average molecular weight is 275 g/mol. The zero-order valence-corrected chi connectivity index (χ0v) is 11.2. The van der Waals surface area contributed by atoms with Gasteiger partial charge in [0.1, 0.15) is 12.3 Å². The zero-order valence-electron chi connectivity index (χ0n) is 10.4. The molecule has 98 valence electrons. The van der Waals surface area contributed by atoms with Gasteiger partial charge < -0.3 is 15.0 Å². The Morgan fingerprint density at radius 3 is 3.16 bits per heavy atom. The van der Waals surface area contributed by atoms with Crippen LogP contribution in [-0.2, 0) is 13.6 Å². The standard InChI is InChI=1S/C13H13N3O2S/c1-16-9-14-7-11(16)13(18)15-8-12-10(3-2-5-17)4-6-19-12/h4,6-7,9,17H,5,8H2,1H3,(H,15,18). The molecule has 2 rings (SSSR count). The van der Waals surface area contributed by atoms with Gasteiger partial charge in [-0.05, 0) is 11.4 Å². The monoisotopic (exact) mass is 275 g/mol. The number of hydrogen-bond acceptors (Lipinski definition) is 4. The molecule has 0 spiro atoms. The van der Waals surface area contributed by atoms with Crippen molar-refractivity contribution >= 4 is 17.2 Å². The van der Waals surface area contributed by atoms with Crippen LogP contribution in [0.2, 0.25) is 0 Å². The van der Waals surface area contributed by atoms with E-state index in [1.54, 1.807) is 17.9 Å². The number of rotatable bonds is 3. The molecule has 0 aromatic carbocycles. The lowest BCUT2D eigenvalue weighted by molar-refractivity contribution is 0.0943. The van der Waals surface area contributed by atoms with Crippen molar-refractivity contribution in [2.45, 2.75) is 6.54 Å². The zero-order chi connectivity index (χ0) is 13.7. The van der Waals surface area contributed by atoms with E-state index >= 15 is 0 Å². The Morgan fingerprint density at radius 2 is 2.47 bits per heavy atom. The topological polar surface area (TPSA) is 67.2 Å². The van der Waals surface area contributed by atoms with Crippen LogP contribution in [0.25, 0.3) is 0 Å². The minimum atomic E-state index is -0.172. The second-order valence-electron chi connectivity index (χ2n) is 3.79. The number of aliphatic hydroxyl groups excluding tert-OH is 1. The number of amides is 1. The molecule has 0 saturated heterocycles. The molecular weight excluding hydrogens is 262 g/mol. The van der Waals surface area contributed by atoms with Crippen molar-refractivity contribution in [3.05, 3.63) is 40.1 Å². The summed E-state index contributed by atoms with van der Waals surface area (Å²) in [5.41, 5.74) is 1.35. The molecule has 0 unspecified atom stereocenters. The van der Waals surface area contributed by atoms with E-state index in [0.717, 1.165) is 10.4 Å². The van der Waals surface area contributed by atoms with Gasteiger partial charge in [-0.1, -0.05) is 11.8 Å². The van der Waals surface area contributed by atoms with Gasteiger partial charge in [0.25, 0.3) is 5.91 Å². The summed E-state index contributed by atoms with van der Waals surface area (Å²) < 4.78 is 1.66. The summed E-state index contributed by atoms with van der Waals surface area (Å²) in [6.07, 6.45) is 3.11. The summed E-state index contributed by atoms with van der Waals surface area (Å²) >= 11 is 1.52. The van der Waals surface area contributed by atoms with E-state index in [-0.39, 0.29) is 12.5 Å². The fourth-order valence-electron chi connectivity index (χ4n) is 1.55. The minimum absolute atomic E-state index is 0.170. The molecule has 19 heavy (non-hydrogen) atoms. The number of aromatic nitrogens is 2. The van der Waals surface area contributed by atoms with Crippen molar-refractivity contribution in [3.63, 3.8) is 0 Å². The third-order valence-electron chi connectivity index (χ3n) is 2.51. The molecule has 2 heterocycles. The maximum Gasteiger partial charge on any atom is 0.269 e. The van der Waals surface area contributed by atoms with E-state index in [0.29, 0.717) is 12.2 Å². The largest absolute Gasteiger partial charge is 0.384 e. The van der Waals surface area contributed by atoms with Gasteiger partial charge in [0.05, 0.1) is 19.1 Å². The fourth-order valence-corrected chi connectivity index (χ4v) is 2.32. The molecule has 2 N–H and O–H groups in total. The Kier molecular flexibility index (Phi) is 4.34. The first kappa shape index (κ1) is 13.3. The van der Waals surface area contributed by atoms with Crippen LogP contribution in [0.3, 0.4) is 0 Å². The summed E-state index contributed by atoms with van der Waals surface area (Å²) in [5, 5.41) is 13.4. The van der Waals surface area contributed by atoms with E-state index < -0.39 is 0 Å². The number of aliphatic hydroxyl groups is 1. The van der Waals surface area contributed by atoms with E-state index in [1.807, 2.05) is 11.4 Å².